The van der Waals surface area contributed by atoms with Crippen LogP contribution in [0.3, 0.4) is 0 Å². The molecule has 5 nitrogen and oxygen atoms in total. The molecule has 0 saturated heterocycles. The summed E-state index contributed by atoms with van der Waals surface area (Å²) in [5.41, 5.74) is 1.21. The Morgan fingerprint density at radius 1 is 1.37 bits per heavy atom. The number of hydrogen-bond donors (Lipinski definition) is 1. The second-order valence-corrected chi connectivity index (χ2v) is 4.14. The van der Waals surface area contributed by atoms with Gasteiger partial charge in [0.25, 0.3) is 0 Å². The van der Waals surface area contributed by atoms with Crippen LogP contribution in [0, 0.1) is 0 Å². The number of aliphatic imine (C=N–C) groups is 1. The first-order valence-electron chi connectivity index (χ1n) is 6.20. The van der Waals surface area contributed by atoms with E-state index in [1.54, 1.807) is 7.05 Å². The Hall–Kier alpha value is -2.04. The second kappa shape index (κ2) is 8.13. The molecule has 0 spiro atoms. The highest BCUT2D eigenvalue weighted by Gasteiger charge is 2.07. The van der Waals surface area contributed by atoms with Crippen molar-refractivity contribution < 1.29 is 9.53 Å². The van der Waals surface area contributed by atoms with Crippen molar-refractivity contribution in [1.29, 1.82) is 0 Å². The number of methoxy groups -OCH3 is 1. The highest BCUT2D eigenvalue weighted by atomic mass is 16.5. The van der Waals surface area contributed by atoms with E-state index in [-0.39, 0.29) is 5.97 Å². The molecule has 19 heavy (non-hydrogen) atoms. The molecular weight excluding hydrogens is 242 g/mol. The first-order valence-corrected chi connectivity index (χ1v) is 6.20. The Labute approximate surface area is 114 Å². The van der Waals surface area contributed by atoms with Gasteiger partial charge in [0, 0.05) is 27.2 Å². The predicted octanol–water partition coefficient (Wildman–Crippen LogP) is 1.26. The van der Waals surface area contributed by atoms with Crippen LogP contribution in [0.15, 0.2) is 35.3 Å². The van der Waals surface area contributed by atoms with Gasteiger partial charge in [-0.05, 0) is 5.56 Å². The Morgan fingerprint density at radius 3 is 2.63 bits per heavy atom. The quantitative estimate of drug-likeness (QED) is 0.493. The van der Waals surface area contributed by atoms with E-state index < -0.39 is 0 Å². The summed E-state index contributed by atoms with van der Waals surface area (Å²) < 4.78 is 4.59. The average Bonchev–Trinajstić information content (AvgIpc) is 2.44. The number of nitrogens with zero attached hydrogens (tertiary/aromatic N) is 2. The molecule has 5 heteroatoms. The van der Waals surface area contributed by atoms with Crippen LogP contribution in [0.25, 0.3) is 0 Å². The Morgan fingerprint density at radius 2 is 2.05 bits per heavy atom. The fraction of sp³-hybridized carbons (Fsp3) is 0.429. The standard InChI is InChI=1S/C14H21N3O2/c1-15-14(16-10-9-13(18)19-3)17(2)11-12-7-5-4-6-8-12/h4-8H,9-11H2,1-3H3,(H,15,16). The van der Waals surface area contributed by atoms with Crippen molar-refractivity contribution in [3.8, 4) is 0 Å². The van der Waals surface area contributed by atoms with Crippen LogP contribution >= 0.6 is 0 Å². The molecule has 0 amide bonds. The van der Waals surface area contributed by atoms with E-state index in [0.717, 1.165) is 12.5 Å². The monoisotopic (exact) mass is 263 g/mol. The third-order valence-electron chi connectivity index (χ3n) is 2.68. The van der Waals surface area contributed by atoms with Crippen LogP contribution in [-0.4, -0.2) is 44.6 Å². The normalized spacial score (nSPS) is 11.0. The molecular formula is C14H21N3O2. The summed E-state index contributed by atoms with van der Waals surface area (Å²) >= 11 is 0. The van der Waals surface area contributed by atoms with Gasteiger partial charge in [0.2, 0.25) is 0 Å². The Kier molecular flexibility index (Phi) is 6.43. The molecule has 0 unspecified atom stereocenters. The molecule has 0 saturated carbocycles. The van der Waals surface area contributed by atoms with Crippen LogP contribution in [0.1, 0.15) is 12.0 Å². The molecule has 1 aromatic carbocycles. The molecule has 0 bridgehead atoms. The van der Waals surface area contributed by atoms with E-state index >= 15 is 0 Å². The van der Waals surface area contributed by atoms with Crippen LogP contribution in [-0.2, 0) is 16.1 Å². The zero-order chi connectivity index (χ0) is 14.1. The molecule has 1 rings (SSSR count). The summed E-state index contributed by atoms with van der Waals surface area (Å²) in [6, 6.07) is 10.1. The lowest BCUT2D eigenvalue weighted by Crippen LogP contribution is -2.39. The van der Waals surface area contributed by atoms with Crippen LogP contribution in [0.2, 0.25) is 0 Å². The molecule has 0 atom stereocenters. The Balaban J connectivity index is 2.44. The minimum atomic E-state index is -0.228. The lowest BCUT2D eigenvalue weighted by Gasteiger charge is -2.22. The maximum absolute atomic E-state index is 11.0. The molecule has 0 fully saturated rings. The predicted molar refractivity (Wildman–Crippen MR) is 75.9 cm³/mol. The molecule has 0 heterocycles. The highest BCUT2D eigenvalue weighted by Crippen LogP contribution is 2.02. The number of hydrogen-bond acceptors (Lipinski definition) is 3. The third kappa shape index (κ3) is 5.42. The van der Waals surface area contributed by atoms with Gasteiger partial charge < -0.3 is 15.0 Å². The van der Waals surface area contributed by atoms with Crippen molar-refractivity contribution >= 4 is 11.9 Å². The second-order valence-electron chi connectivity index (χ2n) is 4.14. The fourth-order valence-corrected chi connectivity index (χ4v) is 1.70. The van der Waals surface area contributed by atoms with Gasteiger partial charge in [-0.15, -0.1) is 0 Å². The van der Waals surface area contributed by atoms with Gasteiger partial charge in [0.05, 0.1) is 13.5 Å². The number of esters is 1. The van der Waals surface area contributed by atoms with Crippen molar-refractivity contribution in [2.75, 3.05) is 27.7 Å². The first-order chi connectivity index (χ1) is 9.17. The minimum Gasteiger partial charge on any atom is -0.469 e. The number of ether oxygens (including phenoxy) is 1. The number of rotatable bonds is 5. The van der Waals surface area contributed by atoms with Crippen LogP contribution < -0.4 is 5.32 Å². The van der Waals surface area contributed by atoms with Crippen molar-refractivity contribution in [2.45, 2.75) is 13.0 Å². The van der Waals surface area contributed by atoms with Gasteiger partial charge >= 0.3 is 5.97 Å². The minimum absolute atomic E-state index is 0.228. The van der Waals surface area contributed by atoms with Crippen molar-refractivity contribution in [2.24, 2.45) is 4.99 Å². The largest absolute Gasteiger partial charge is 0.469 e. The smallest absolute Gasteiger partial charge is 0.307 e. The molecule has 0 aliphatic carbocycles. The topological polar surface area (TPSA) is 53.9 Å². The van der Waals surface area contributed by atoms with E-state index in [1.807, 2.05) is 30.1 Å². The summed E-state index contributed by atoms with van der Waals surface area (Å²) in [4.78, 5) is 17.2. The van der Waals surface area contributed by atoms with Gasteiger partial charge in [0.1, 0.15) is 0 Å². The summed E-state index contributed by atoms with van der Waals surface area (Å²) in [5, 5.41) is 3.13. The maximum atomic E-state index is 11.0. The van der Waals surface area contributed by atoms with Crippen molar-refractivity contribution in [3.63, 3.8) is 0 Å². The van der Waals surface area contributed by atoms with Gasteiger partial charge in [-0.2, -0.15) is 0 Å². The summed E-state index contributed by atoms with van der Waals surface area (Å²) in [7, 11) is 5.07. The van der Waals surface area contributed by atoms with E-state index in [4.69, 9.17) is 0 Å². The van der Waals surface area contributed by atoms with Gasteiger partial charge in [-0.3, -0.25) is 9.79 Å². The molecule has 1 aromatic rings. The summed E-state index contributed by atoms with van der Waals surface area (Å²) in [5.74, 6) is 0.529. The van der Waals surface area contributed by atoms with Gasteiger partial charge in [-0.1, -0.05) is 30.3 Å². The summed E-state index contributed by atoms with van der Waals surface area (Å²) in [6.45, 7) is 1.28. The fourth-order valence-electron chi connectivity index (χ4n) is 1.70. The zero-order valence-electron chi connectivity index (χ0n) is 11.7. The van der Waals surface area contributed by atoms with Crippen molar-refractivity contribution in [1.82, 2.24) is 10.2 Å². The number of benzene rings is 1. The molecule has 0 radical (unpaired) electrons. The van der Waals surface area contributed by atoms with E-state index in [2.05, 4.69) is 27.2 Å². The average molecular weight is 263 g/mol. The highest BCUT2D eigenvalue weighted by molar-refractivity contribution is 5.80. The molecule has 0 aromatic heterocycles. The molecule has 0 aliphatic rings. The number of carbonyl (C=O) groups excluding carboxylic acids is 1. The van der Waals surface area contributed by atoms with E-state index in [1.165, 1.54) is 12.7 Å². The maximum Gasteiger partial charge on any atom is 0.307 e. The number of nitrogens with one attached hydrogen (secondary N) is 1. The number of guanidine groups is 1. The van der Waals surface area contributed by atoms with E-state index in [0.29, 0.717) is 13.0 Å². The van der Waals surface area contributed by atoms with Crippen LogP contribution in [0.5, 0.6) is 0 Å². The zero-order valence-corrected chi connectivity index (χ0v) is 11.7. The molecule has 104 valence electrons. The van der Waals surface area contributed by atoms with Crippen molar-refractivity contribution in [3.05, 3.63) is 35.9 Å². The lowest BCUT2D eigenvalue weighted by atomic mass is 10.2. The molecule has 0 aliphatic heterocycles. The summed E-state index contributed by atoms with van der Waals surface area (Å²) in [6.07, 6.45) is 0.328. The van der Waals surface area contributed by atoms with E-state index in [9.17, 15) is 4.79 Å². The SMILES string of the molecule is CN=C(NCCC(=O)OC)N(C)Cc1ccccc1. The van der Waals surface area contributed by atoms with Gasteiger partial charge in [-0.25, -0.2) is 0 Å². The van der Waals surface area contributed by atoms with Crippen LogP contribution in [0.4, 0.5) is 0 Å². The van der Waals surface area contributed by atoms with Gasteiger partial charge in [0.15, 0.2) is 5.96 Å². The number of carbonyl (C=O) groups is 1. The third-order valence-corrected chi connectivity index (χ3v) is 2.68. The lowest BCUT2D eigenvalue weighted by molar-refractivity contribution is -0.140. The molecule has 1 N–H and O–H groups in total. The Bertz CT molecular complexity index is 418. The first kappa shape index (κ1) is 15.0.